The molecule has 1 heterocycles. The van der Waals surface area contributed by atoms with Gasteiger partial charge in [-0.3, -0.25) is 4.79 Å². The van der Waals surface area contributed by atoms with Crippen molar-refractivity contribution in [3.8, 4) is 22.6 Å². The van der Waals surface area contributed by atoms with E-state index in [2.05, 4.69) is 0 Å². The highest BCUT2D eigenvalue weighted by Gasteiger charge is 2.30. The number of hydrogen-bond acceptors (Lipinski definition) is 5. The molecule has 0 spiro atoms. The Balaban J connectivity index is 1.77. The Bertz CT molecular complexity index is 1210. The maximum atomic E-state index is 13.6. The van der Waals surface area contributed by atoms with Crippen LogP contribution in [0.3, 0.4) is 0 Å². The van der Waals surface area contributed by atoms with Crippen LogP contribution >= 0.6 is 11.6 Å². The second-order valence-electron chi connectivity index (χ2n) is 8.40. The van der Waals surface area contributed by atoms with E-state index in [9.17, 15) is 19.4 Å². The molecule has 1 aliphatic carbocycles. The molecular formula is C26H24ClFN2O4. The lowest BCUT2D eigenvalue weighted by molar-refractivity contribution is -0.139. The standard InChI is InChI=1S/C26H24ClFN2O4/c27-18-3-1-2-17(12-18)26-29-24(15-4-5-15)22(11-10-20(31)13-21(32)14-23(33)34)25(30-26)16-6-8-19(28)9-7-16/h1-3,6-12,15,20-21,31-32H,4-5,13-14H2,(H,33,34)/b11-10+. The smallest absolute Gasteiger partial charge is 0.305 e. The summed E-state index contributed by atoms with van der Waals surface area (Å²) in [5.41, 5.74) is 3.55. The van der Waals surface area contributed by atoms with Crippen molar-refractivity contribution in [3.63, 3.8) is 0 Å². The number of carboxylic acid groups (broad SMARTS) is 1. The zero-order valence-corrected chi connectivity index (χ0v) is 19.0. The molecule has 3 N–H and O–H groups in total. The highest BCUT2D eigenvalue weighted by molar-refractivity contribution is 6.30. The van der Waals surface area contributed by atoms with E-state index in [1.165, 1.54) is 18.2 Å². The number of aliphatic hydroxyl groups excluding tert-OH is 2. The molecule has 0 radical (unpaired) electrons. The van der Waals surface area contributed by atoms with E-state index in [-0.39, 0.29) is 18.2 Å². The Morgan fingerprint density at radius 2 is 1.85 bits per heavy atom. The van der Waals surface area contributed by atoms with Gasteiger partial charge < -0.3 is 15.3 Å². The van der Waals surface area contributed by atoms with Crippen LogP contribution in [-0.4, -0.2) is 43.5 Å². The van der Waals surface area contributed by atoms with Crippen LogP contribution < -0.4 is 0 Å². The van der Waals surface area contributed by atoms with Gasteiger partial charge >= 0.3 is 5.97 Å². The van der Waals surface area contributed by atoms with E-state index in [4.69, 9.17) is 26.7 Å². The first-order chi connectivity index (χ1) is 16.3. The minimum atomic E-state index is -1.17. The zero-order chi connectivity index (χ0) is 24.2. The van der Waals surface area contributed by atoms with Crippen molar-refractivity contribution in [1.82, 2.24) is 9.97 Å². The average Bonchev–Trinajstić information content (AvgIpc) is 3.62. The normalized spacial score (nSPS) is 15.4. The number of aliphatic carboxylic acids is 1. The maximum Gasteiger partial charge on any atom is 0.305 e. The predicted octanol–water partition coefficient (Wildman–Crippen LogP) is 5.08. The minimum absolute atomic E-state index is 0.116. The summed E-state index contributed by atoms with van der Waals surface area (Å²) >= 11 is 6.18. The average molecular weight is 483 g/mol. The first-order valence-corrected chi connectivity index (χ1v) is 11.4. The number of aliphatic hydroxyl groups is 2. The molecular weight excluding hydrogens is 459 g/mol. The number of carbonyl (C=O) groups is 1. The molecule has 4 rings (SSSR count). The fourth-order valence-electron chi connectivity index (χ4n) is 3.75. The van der Waals surface area contributed by atoms with Crippen LogP contribution in [0.15, 0.2) is 54.6 Å². The van der Waals surface area contributed by atoms with Gasteiger partial charge in [0.1, 0.15) is 5.82 Å². The Kier molecular flexibility index (Phi) is 7.36. The van der Waals surface area contributed by atoms with Gasteiger partial charge in [-0.15, -0.1) is 0 Å². The summed E-state index contributed by atoms with van der Waals surface area (Å²) < 4.78 is 13.6. The molecule has 3 aromatic rings. The molecule has 176 valence electrons. The molecule has 34 heavy (non-hydrogen) atoms. The largest absolute Gasteiger partial charge is 0.481 e. The number of carboxylic acids is 1. The number of benzene rings is 2. The Morgan fingerprint density at radius 3 is 2.50 bits per heavy atom. The fraction of sp³-hybridized carbons (Fsp3) is 0.269. The lowest BCUT2D eigenvalue weighted by Gasteiger charge is -2.15. The highest BCUT2D eigenvalue weighted by atomic mass is 35.5. The number of halogens is 2. The maximum absolute atomic E-state index is 13.6. The number of rotatable bonds is 9. The molecule has 0 saturated heterocycles. The molecule has 2 aromatic carbocycles. The molecule has 0 amide bonds. The van der Waals surface area contributed by atoms with E-state index in [1.807, 2.05) is 12.1 Å². The SMILES string of the molecule is O=C(O)CC(O)CC(O)/C=C/c1c(-c2ccc(F)cc2)nc(-c2cccc(Cl)c2)nc1C1CC1. The minimum Gasteiger partial charge on any atom is -0.481 e. The lowest BCUT2D eigenvalue weighted by Crippen LogP contribution is -2.19. The Hall–Kier alpha value is -3.13. The molecule has 2 unspecified atom stereocenters. The van der Waals surface area contributed by atoms with Crippen molar-refractivity contribution in [2.75, 3.05) is 0 Å². The second-order valence-corrected chi connectivity index (χ2v) is 8.84. The molecule has 2 atom stereocenters. The number of nitrogens with zero attached hydrogens (tertiary/aromatic N) is 2. The monoisotopic (exact) mass is 482 g/mol. The van der Waals surface area contributed by atoms with Gasteiger partial charge in [0.25, 0.3) is 0 Å². The Labute approximate surface area is 201 Å². The third kappa shape index (κ3) is 6.05. The topological polar surface area (TPSA) is 104 Å². The Morgan fingerprint density at radius 1 is 1.12 bits per heavy atom. The summed E-state index contributed by atoms with van der Waals surface area (Å²) in [5.74, 6) is -0.772. The second kappa shape index (κ2) is 10.4. The fourth-order valence-corrected chi connectivity index (χ4v) is 3.94. The molecule has 8 heteroatoms. The van der Waals surface area contributed by atoms with Gasteiger partial charge in [0.15, 0.2) is 5.82 Å². The van der Waals surface area contributed by atoms with Crippen molar-refractivity contribution in [2.45, 2.75) is 43.8 Å². The third-order valence-electron chi connectivity index (χ3n) is 5.55. The van der Waals surface area contributed by atoms with Crippen molar-refractivity contribution in [2.24, 2.45) is 0 Å². The first-order valence-electron chi connectivity index (χ1n) is 11.0. The van der Waals surface area contributed by atoms with Gasteiger partial charge in [-0.05, 0) is 49.2 Å². The quantitative estimate of drug-likeness (QED) is 0.393. The summed E-state index contributed by atoms with van der Waals surface area (Å²) in [5, 5.41) is 29.6. The highest BCUT2D eigenvalue weighted by Crippen LogP contribution is 2.43. The van der Waals surface area contributed by atoms with Crippen molar-refractivity contribution in [1.29, 1.82) is 0 Å². The molecule has 1 aliphatic rings. The van der Waals surface area contributed by atoms with E-state index < -0.39 is 24.6 Å². The molecule has 1 aromatic heterocycles. The van der Waals surface area contributed by atoms with Gasteiger partial charge in [0, 0.05) is 34.1 Å². The van der Waals surface area contributed by atoms with Crippen LogP contribution in [-0.2, 0) is 4.79 Å². The molecule has 6 nitrogen and oxygen atoms in total. The van der Waals surface area contributed by atoms with Gasteiger partial charge in [-0.1, -0.05) is 35.9 Å². The van der Waals surface area contributed by atoms with Crippen LogP contribution in [0.5, 0.6) is 0 Å². The summed E-state index contributed by atoms with van der Waals surface area (Å²) in [6.07, 6.45) is 2.35. The van der Waals surface area contributed by atoms with E-state index >= 15 is 0 Å². The van der Waals surface area contributed by atoms with Crippen molar-refractivity contribution < 1.29 is 24.5 Å². The van der Waals surface area contributed by atoms with E-state index in [0.717, 1.165) is 24.1 Å². The van der Waals surface area contributed by atoms with Crippen LogP contribution in [0.1, 0.15) is 42.9 Å². The van der Waals surface area contributed by atoms with E-state index in [0.29, 0.717) is 27.7 Å². The number of aromatic nitrogens is 2. The van der Waals surface area contributed by atoms with Gasteiger partial charge in [-0.25, -0.2) is 14.4 Å². The first kappa shape index (κ1) is 24.0. The zero-order valence-electron chi connectivity index (χ0n) is 18.2. The summed E-state index contributed by atoms with van der Waals surface area (Å²) in [6, 6.07) is 13.2. The molecule has 1 fully saturated rings. The van der Waals surface area contributed by atoms with Gasteiger partial charge in [0.2, 0.25) is 0 Å². The third-order valence-corrected chi connectivity index (χ3v) is 5.78. The molecule has 1 saturated carbocycles. The van der Waals surface area contributed by atoms with E-state index in [1.54, 1.807) is 30.3 Å². The molecule has 0 bridgehead atoms. The van der Waals surface area contributed by atoms with Crippen LogP contribution in [0.4, 0.5) is 4.39 Å². The van der Waals surface area contributed by atoms with Crippen LogP contribution in [0, 0.1) is 5.82 Å². The molecule has 0 aliphatic heterocycles. The van der Waals surface area contributed by atoms with Gasteiger partial charge in [0.05, 0.1) is 30.0 Å². The van der Waals surface area contributed by atoms with Crippen LogP contribution in [0.2, 0.25) is 5.02 Å². The predicted molar refractivity (Wildman–Crippen MR) is 128 cm³/mol. The van der Waals surface area contributed by atoms with Crippen molar-refractivity contribution in [3.05, 3.63) is 76.7 Å². The van der Waals surface area contributed by atoms with Crippen LogP contribution in [0.25, 0.3) is 28.7 Å². The van der Waals surface area contributed by atoms with Gasteiger partial charge in [-0.2, -0.15) is 0 Å². The van der Waals surface area contributed by atoms with Crippen molar-refractivity contribution >= 4 is 23.6 Å². The summed E-state index contributed by atoms with van der Waals surface area (Å²) in [7, 11) is 0. The summed E-state index contributed by atoms with van der Waals surface area (Å²) in [6.45, 7) is 0. The lowest BCUT2D eigenvalue weighted by atomic mass is 9.99. The number of hydrogen-bond donors (Lipinski definition) is 3. The summed E-state index contributed by atoms with van der Waals surface area (Å²) in [4.78, 5) is 20.4.